The molecule has 0 aliphatic rings. The van der Waals surface area contributed by atoms with Gasteiger partial charge in [0.1, 0.15) is 0 Å². The Bertz CT molecular complexity index is 1250. The highest BCUT2D eigenvalue weighted by Gasteiger charge is 2.20. The maximum Gasteiger partial charge on any atom is 0.305 e. The molecule has 3 N–H and O–H groups in total. The fourth-order valence-corrected chi connectivity index (χ4v) is 10.8. The second kappa shape index (κ2) is 66.6. The number of nitrogens with one attached hydrogen (secondary N) is 1. The van der Waals surface area contributed by atoms with E-state index in [1.807, 2.05) is 0 Å². The third-order valence-electron chi connectivity index (χ3n) is 16.2. The largest absolute Gasteiger partial charge is 0.466 e. The number of hydrogen-bond acceptors (Lipinski definition) is 5. The highest BCUT2D eigenvalue weighted by Crippen LogP contribution is 2.18. The van der Waals surface area contributed by atoms with Gasteiger partial charge in [0, 0.05) is 12.8 Å². The van der Waals surface area contributed by atoms with E-state index in [0.29, 0.717) is 25.9 Å². The summed E-state index contributed by atoms with van der Waals surface area (Å²) in [6, 6.07) is -0.537. The van der Waals surface area contributed by atoms with Gasteiger partial charge in [-0.15, -0.1) is 0 Å². The SMILES string of the molecule is CCCCCCC/C=C\CCCCCCCC(=O)OCCCCCCCCCCCCCCC/C=C\C/C=C\CCCCCCCCCCCCCCCCCCCC(=O)NC(CO)C(O)CCCCCCCCCCC. The lowest BCUT2D eigenvalue weighted by Gasteiger charge is -2.22. The Morgan fingerprint density at radius 3 is 1.00 bits per heavy atom. The highest BCUT2D eigenvalue weighted by atomic mass is 16.5. The smallest absolute Gasteiger partial charge is 0.305 e. The average Bonchev–Trinajstić information content (AvgIpc) is 3.43. The molecule has 0 aliphatic heterocycles. The molecule has 77 heavy (non-hydrogen) atoms. The molecule has 454 valence electrons. The Morgan fingerprint density at radius 2 is 0.649 bits per heavy atom. The quantitative estimate of drug-likeness (QED) is 0.0320. The molecule has 0 radical (unpaired) electrons. The van der Waals surface area contributed by atoms with Crippen molar-refractivity contribution in [3.63, 3.8) is 0 Å². The zero-order valence-electron chi connectivity index (χ0n) is 52.0. The van der Waals surface area contributed by atoms with Gasteiger partial charge in [-0.2, -0.15) is 0 Å². The molecule has 0 aliphatic carbocycles. The number of unbranched alkanes of at least 4 members (excludes halogenated alkanes) is 48. The molecule has 0 spiro atoms. The molecule has 0 aromatic heterocycles. The molecule has 1 amide bonds. The summed E-state index contributed by atoms with van der Waals surface area (Å²) in [6.07, 6.45) is 85.0. The molecular weight excluding hydrogens is 947 g/mol. The van der Waals surface area contributed by atoms with Gasteiger partial charge in [0.25, 0.3) is 0 Å². The van der Waals surface area contributed by atoms with Gasteiger partial charge < -0.3 is 20.3 Å². The first kappa shape index (κ1) is 75.1. The summed E-state index contributed by atoms with van der Waals surface area (Å²) in [5, 5.41) is 23.1. The van der Waals surface area contributed by atoms with Crippen LogP contribution in [-0.4, -0.2) is 47.4 Å². The number of carbonyl (C=O) groups excluding carboxylic acids is 2. The van der Waals surface area contributed by atoms with E-state index in [9.17, 15) is 19.8 Å². The van der Waals surface area contributed by atoms with Crippen LogP contribution in [0.15, 0.2) is 36.5 Å². The van der Waals surface area contributed by atoms with Crippen molar-refractivity contribution in [3.05, 3.63) is 36.5 Å². The Labute approximate surface area is 481 Å². The lowest BCUT2D eigenvalue weighted by atomic mass is 10.0. The summed E-state index contributed by atoms with van der Waals surface area (Å²) in [5.41, 5.74) is 0. The van der Waals surface area contributed by atoms with Crippen LogP contribution in [0.3, 0.4) is 0 Å². The van der Waals surface area contributed by atoms with E-state index in [4.69, 9.17) is 4.74 Å². The lowest BCUT2D eigenvalue weighted by molar-refractivity contribution is -0.143. The minimum Gasteiger partial charge on any atom is -0.466 e. The van der Waals surface area contributed by atoms with E-state index in [2.05, 4.69) is 55.6 Å². The number of carbonyl (C=O) groups is 2. The first-order chi connectivity index (χ1) is 38.0. The number of aliphatic hydroxyl groups is 2. The van der Waals surface area contributed by atoms with E-state index in [1.165, 1.54) is 295 Å². The van der Waals surface area contributed by atoms with Crippen molar-refractivity contribution in [2.24, 2.45) is 0 Å². The maximum atomic E-state index is 12.4. The van der Waals surface area contributed by atoms with Crippen LogP contribution >= 0.6 is 0 Å². The molecular formula is C71H135NO5. The van der Waals surface area contributed by atoms with Gasteiger partial charge in [-0.05, 0) is 83.5 Å². The molecule has 0 aromatic rings. The monoisotopic (exact) mass is 1080 g/mol. The molecule has 2 atom stereocenters. The van der Waals surface area contributed by atoms with E-state index in [1.54, 1.807) is 0 Å². The summed E-state index contributed by atoms with van der Waals surface area (Å²) in [4.78, 5) is 24.5. The molecule has 0 bridgehead atoms. The maximum absolute atomic E-state index is 12.4. The Morgan fingerprint density at radius 1 is 0.364 bits per heavy atom. The van der Waals surface area contributed by atoms with Crippen molar-refractivity contribution < 1.29 is 24.5 Å². The van der Waals surface area contributed by atoms with Gasteiger partial charge in [0.15, 0.2) is 0 Å². The summed E-state index contributed by atoms with van der Waals surface area (Å²) in [6.45, 7) is 4.94. The fourth-order valence-electron chi connectivity index (χ4n) is 10.8. The van der Waals surface area contributed by atoms with Crippen molar-refractivity contribution in [2.75, 3.05) is 13.2 Å². The van der Waals surface area contributed by atoms with Crippen molar-refractivity contribution in [1.82, 2.24) is 5.32 Å². The fraction of sp³-hybridized carbons (Fsp3) is 0.887. The molecule has 0 rings (SSSR count). The average molecular weight is 1080 g/mol. The zero-order chi connectivity index (χ0) is 55.7. The van der Waals surface area contributed by atoms with Crippen molar-refractivity contribution in [3.8, 4) is 0 Å². The molecule has 0 saturated carbocycles. The van der Waals surface area contributed by atoms with Crippen LogP contribution < -0.4 is 5.32 Å². The van der Waals surface area contributed by atoms with E-state index in [0.717, 1.165) is 51.4 Å². The summed E-state index contributed by atoms with van der Waals surface area (Å²) in [7, 11) is 0. The van der Waals surface area contributed by atoms with Crippen LogP contribution in [0.5, 0.6) is 0 Å². The predicted molar refractivity (Wildman–Crippen MR) is 338 cm³/mol. The minimum atomic E-state index is -0.660. The van der Waals surface area contributed by atoms with Gasteiger partial charge in [-0.1, -0.05) is 320 Å². The number of hydrogen-bond donors (Lipinski definition) is 3. The third kappa shape index (κ3) is 63.1. The molecule has 6 heteroatoms. The predicted octanol–water partition coefficient (Wildman–Crippen LogP) is 22.3. The Hall–Kier alpha value is -1.92. The lowest BCUT2D eigenvalue weighted by Crippen LogP contribution is -2.45. The van der Waals surface area contributed by atoms with Crippen LogP contribution in [-0.2, 0) is 14.3 Å². The second-order valence-corrected chi connectivity index (χ2v) is 23.9. The van der Waals surface area contributed by atoms with Gasteiger partial charge in [-0.3, -0.25) is 9.59 Å². The normalized spacial score (nSPS) is 12.7. The summed E-state index contributed by atoms with van der Waals surface area (Å²) in [5.74, 6) is -0.0230. The van der Waals surface area contributed by atoms with E-state index >= 15 is 0 Å². The number of rotatable bonds is 65. The number of ether oxygens (including phenoxy) is 1. The summed E-state index contributed by atoms with van der Waals surface area (Å²) >= 11 is 0. The van der Waals surface area contributed by atoms with E-state index < -0.39 is 12.1 Å². The van der Waals surface area contributed by atoms with Crippen molar-refractivity contribution >= 4 is 11.9 Å². The van der Waals surface area contributed by atoms with Crippen LogP contribution in [0.4, 0.5) is 0 Å². The van der Waals surface area contributed by atoms with Crippen LogP contribution in [0, 0.1) is 0 Å². The number of amides is 1. The molecule has 0 aromatic carbocycles. The Balaban J connectivity index is 3.33. The molecule has 6 nitrogen and oxygen atoms in total. The highest BCUT2D eigenvalue weighted by molar-refractivity contribution is 5.76. The second-order valence-electron chi connectivity index (χ2n) is 23.9. The molecule has 0 saturated heterocycles. The zero-order valence-corrected chi connectivity index (χ0v) is 52.0. The summed E-state index contributed by atoms with van der Waals surface area (Å²) < 4.78 is 5.48. The van der Waals surface area contributed by atoms with Crippen LogP contribution in [0.25, 0.3) is 0 Å². The van der Waals surface area contributed by atoms with Crippen LogP contribution in [0.2, 0.25) is 0 Å². The molecule has 0 heterocycles. The van der Waals surface area contributed by atoms with E-state index in [-0.39, 0.29) is 18.5 Å². The van der Waals surface area contributed by atoms with Gasteiger partial charge in [0.2, 0.25) is 5.91 Å². The molecule has 0 fully saturated rings. The Kier molecular flexibility index (Phi) is 64.9. The topological polar surface area (TPSA) is 95.9 Å². The number of esters is 1. The van der Waals surface area contributed by atoms with Gasteiger partial charge >= 0.3 is 5.97 Å². The number of allylic oxidation sites excluding steroid dienone is 6. The third-order valence-corrected chi connectivity index (χ3v) is 16.2. The molecule has 2 unspecified atom stereocenters. The minimum absolute atomic E-state index is 0.0103. The first-order valence-corrected chi connectivity index (χ1v) is 34.7. The first-order valence-electron chi connectivity index (χ1n) is 34.7. The standard InChI is InChI=1S/C71H135NO5/c1-3-5-7-9-11-13-14-15-42-45-49-53-57-61-65-71(76)77-66-62-58-54-50-46-43-40-38-36-34-32-30-28-26-24-22-20-18-16-17-19-21-23-25-27-29-31-33-35-37-39-41-44-48-52-56-60-64-70(75)72-68(67-73)69(74)63-59-55-51-47-12-10-8-6-4-2/h14-16,18,22,24,68-69,73-74H,3-13,17,19-21,23,25-67H2,1-2H3,(H,72,75)/b15-14-,18-16-,24-22-. The van der Waals surface area contributed by atoms with Gasteiger partial charge in [-0.25, -0.2) is 0 Å². The van der Waals surface area contributed by atoms with Crippen molar-refractivity contribution in [2.45, 2.75) is 392 Å². The van der Waals surface area contributed by atoms with Crippen LogP contribution in [0.1, 0.15) is 380 Å². The number of aliphatic hydroxyl groups excluding tert-OH is 2. The van der Waals surface area contributed by atoms with Crippen molar-refractivity contribution in [1.29, 1.82) is 0 Å². The van der Waals surface area contributed by atoms with Gasteiger partial charge in [0.05, 0.1) is 25.4 Å².